The third kappa shape index (κ3) is 4.34. The maximum atomic E-state index is 11.5. The molecule has 0 fully saturated rings. The molecule has 0 bridgehead atoms. The first-order valence-electron chi connectivity index (χ1n) is 5.32. The fourth-order valence-electron chi connectivity index (χ4n) is 1.27. The lowest BCUT2D eigenvalue weighted by atomic mass is 10.2. The first-order valence-corrected chi connectivity index (χ1v) is 5.69. The third-order valence-electron chi connectivity index (χ3n) is 2.14. The van der Waals surface area contributed by atoms with Crippen LogP contribution in [0.5, 0.6) is 0 Å². The van der Waals surface area contributed by atoms with Gasteiger partial charge in [0.2, 0.25) is 5.91 Å². The van der Waals surface area contributed by atoms with Gasteiger partial charge in [-0.2, -0.15) is 0 Å². The molecule has 0 atom stereocenters. The minimum absolute atomic E-state index is 0.0646. The van der Waals surface area contributed by atoms with Gasteiger partial charge in [-0.1, -0.05) is 36.1 Å². The van der Waals surface area contributed by atoms with Crippen LogP contribution < -0.4 is 5.32 Å². The molecule has 0 aliphatic carbocycles. The van der Waals surface area contributed by atoms with Crippen molar-refractivity contribution >= 4 is 28.9 Å². The molecular weight excluding hydrogens is 240 g/mol. The van der Waals surface area contributed by atoms with E-state index in [1.54, 1.807) is 12.1 Å². The van der Waals surface area contributed by atoms with E-state index in [9.17, 15) is 4.79 Å². The SMILES string of the molecule is CCCCC(=O)Nc1ccc(N=[N+]=[N-])cc1Cl. The quantitative estimate of drug-likeness (QED) is 0.470. The number of azide groups is 1. The van der Waals surface area contributed by atoms with Crippen LogP contribution in [-0.2, 0) is 4.79 Å². The molecule has 0 saturated carbocycles. The smallest absolute Gasteiger partial charge is 0.224 e. The van der Waals surface area contributed by atoms with Crippen LogP contribution in [0.1, 0.15) is 26.2 Å². The first-order chi connectivity index (χ1) is 8.17. The Morgan fingerprint density at radius 3 is 2.94 bits per heavy atom. The minimum Gasteiger partial charge on any atom is -0.325 e. The molecule has 0 saturated heterocycles. The molecule has 1 aromatic carbocycles. The molecule has 1 rings (SSSR count). The van der Waals surface area contributed by atoms with Gasteiger partial charge in [-0.05, 0) is 24.1 Å². The molecule has 0 aromatic heterocycles. The Morgan fingerprint density at radius 2 is 2.35 bits per heavy atom. The molecule has 1 amide bonds. The number of anilines is 1. The average molecular weight is 253 g/mol. The molecule has 0 aliphatic heterocycles. The van der Waals surface area contributed by atoms with Crippen LogP contribution in [0.25, 0.3) is 10.4 Å². The normalized spacial score (nSPS) is 9.53. The summed E-state index contributed by atoms with van der Waals surface area (Å²) in [4.78, 5) is 14.1. The van der Waals surface area contributed by atoms with E-state index < -0.39 is 0 Å². The van der Waals surface area contributed by atoms with Gasteiger partial charge >= 0.3 is 0 Å². The van der Waals surface area contributed by atoms with Gasteiger partial charge in [-0.25, -0.2) is 0 Å². The van der Waals surface area contributed by atoms with Crippen molar-refractivity contribution in [2.45, 2.75) is 26.2 Å². The molecule has 6 heteroatoms. The fourth-order valence-corrected chi connectivity index (χ4v) is 1.49. The highest BCUT2D eigenvalue weighted by atomic mass is 35.5. The number of hydrogen-bond donors (Lipinski definition) is 1. The Hall–Kier alpha value is -1.71. The second-order valence-corrected chi connectivity index (χ2v) is 3.91. The Balaban J connectivity index is 2.72. The van der Waals surface area contributed by atoms with Crippen LogP contribution in [0, 0.1) is 0 Å². The van der Waals surface area contributed by atoms with Crippen LogP contribution in [0.2, 0.25) is 5.02 Å². The maximum Gasteiger partial charge on any atom is 0.224 e. The maximum absolute atomic E-state index is 11.5. The lowest BCUT2D eigenvalue weighted by Crippen LogP contribution is -2.11. The van der Waals surface area contributed by atoms with Crippen molar-refractivity contribution in [2.24, 2.45) is 5.11 Å². The van der Waals surface area contributed by atoms with Gasteiger partial charge in [0.25, 0.3) is 0 Å². The number of rotatable bonds is 5. The Labute approximate surface area is 104 Å². The number of carbonyl (C=O) groups is 1. The summed E-state index contributed by atoms with van der Waals surface area (Å²) in [5, 5.41) is 6.49. The number of unbranched alkanes of at least 4 members (excludes halogenated alkanes) is 1. The van der Waals surface area contributed by atoms with Crippen LogP contribution in [0.4, 0.5) is 11.4 Å². The number of nitrogens with zero attached hydrogens (tertiary/aromatic N) is 3. The van der Waals surface area contributed by atoms with Crippen molar-refractivity contribution in [1.82, 2.24) is 0 Å². The molecule has 0 aliphatic rings. The number of amides is 1. The summed E-state index contributed by atoms with van der Waals surface area (Å²) in [6.07, 6.45) is 2.29. The summed E-state index contributed by atoms with van der Waals surface area (Å²) in [6.45, 7) is 2.02. The summed E-state index contributed by atoms with van der Waals surface area (Å²) >= 11 is 5.95. The van der Waals surface area contributed by atoms with E-state index in [1.165, 1.54) is 6.07 Å². The zero-order valence-corrected chi connectivity index (χ0v) is 10.2. The molecule has 0 unspecified atom stereocenters. The molecule has 0 spiro atoms. The number of carbonyl (C=O) groups excluding carboxylic acids is 1. The molecule has 90 valence electrons. The monoisotopic (exact) mass is 252 g/mol. The number of halogens is 1. The summed E-state index contributed by atoms with van der Waals surface area (Å²) in [5.74, 6) is -0.0646. The average Bonchev–Trinajstić information content (AvgIpc) is 2.30. The zero-order valence-electron chi connectivity index (χ0n) is 9.48. The van der Waals surface area contributed by atoms with E-state index in [2.05, 4.69) is 15.3 Å². The lowest BCUT2D eigenvalue weighted by Gasteiger charge is -2.07. The van der Waals surface area contributed by atoms with Crippen molar-refractivity contribution in [3.8, 4) is 0 Å². The van der Waals surface area contributed by atoms with E-state index in [1.807, 2.05) is 6.92 Å². The molecule has 5 nitrogen and oxygen atoms in total. The summed E-state index contributed by atoms with van der Waals surface area (Å²) in [5.41, 5.74) is 9.22. The van der Waals surface area contributed by atoms with Crippen LogP contribution in [-0.4, -0.2) is 5.91 Å². The molecule has 1 N–H and O–H groups in total. The molecule has 0 radical (unpaired) electrons. The first kappa shape index (κ1) is 13.4. The van der Waals surface area contributed by atoms with E-state index in [0.29, 0.717) is 22.8 Å². The van der Waals surface area contributed by atoms with Gasteiger partial charge < -0.3 is 5.32 Å². The zero-order chi connectivity index (χ0) is 12.7. The fraction of sp³-hybridized carbons (Fsp3) is 0.364. The standard InChI is InChI=1S/C11H13ClN4O/c1-2-3-4-11(17)14-10-6-5-8(15-16-13)7-9(10)12/h5-7H,2-4H2,1H3,(H,14,17). The van der Waals surface area contributed by atoms with Crippen molar-refractivity contribution in [3.05, 3.63) is 33.7 Å². The Bertz CT molecular complexity index is 455. The van der Waals surface area contributed by atoms with Gasteiger partial charge in [0.15, 0.2) is 0 Å². The van der Waals surface area contributed by atoms with Gasteiger partial charge in [0.05, 0.1) is 10.7 Å². The molecule has 1 aromatic rings. The summed E-state index contributed by atoms with van der Waals surface area (Å²) in [7, 11) is 0. The van der Waals surface area contributed by atoms with Crippen molar-refractivity contribution in [3.63, 3.8) is 0 Å². The second kappa shape index (κ2) is 6.78. The van der Waals surface area contributed by atoms with Gasteiger partial charge in [0.1, 0.15) is 0 Å². The number of benzene rings is 1. The highest BCUT2D eigenvalue weighted by Crippen LogP contribution is 2.27. The third-order valence-corrected chi connectivity index (χ3v) is 2.46. The van der Waals surface area contributed by atoms with Gasteiger partial charge in [-0.3, -0.25) is 4.79 Å². The summed E-state index contributed by atoms with van der Waals surface area (Å²) < 4.78 is 0. The molecule has 17 heavy (non-hydrogen) atoms. The highest BCUT2D eigenvalue weighted by Gasteiger charge is 2.05. The highest BCUT2D eigenvalue weighted by molar-refractivity contribution is 6.34. The van der Waals surface area contributed by atoms with Gasteiger partial charge in [-0.15, -0.1) is 0 Å². The Morgan fingerprint density at radius 1 is 1.59 bits per heavy atom. The van der Waals surface area contributed by atoms with E-state index >= 15 is 0 Å². The topological polar surface area (TPSA) is 77.9 Å². The van der Waals surface area contributed by atoms with Gasteiger partial charge in [0, 0.05) is 17.0 Å². The minimum atomic E-state index is -0.0646. The molecular formula is C11H13ClN4O. The second-order valence-electron chi connectivity index (χ2n) is 3.51. The van der Waals surface area contributed by atoms with Crippen molar-refractivity contribution < 1.29 is 4.79 Å². The van der Waals surface area contributed by atoms with Crippen molar-refractivity contribution in [2.75, 3.05) is 5.32 Å². The molecule has 0 heterocycles. The summed E-state index contributed by atoms with van der Waals surface area (Å²) in [6, 6.07) is 4.73. The van der Waals surface area contributed by atoms with Crippen molar-refractivity contribution in [1.29, 1.82) is 0 Å². The predicted molar refractivity (Wildman–Crippen MR) is 68.4 cm³/mol. The van der Waals surface area contributed by atoms with Crippen LogP contribution >= 0.6 is 11.6 Å². The van der Waals surface area contributed by atoms with E-state index in [0.717, 1.165) is 12.8 Å². The number of hydrogen-bond acceptors (Lipinski definition) is 2. The largest absolute Gasteiger partial charge is 0.325 e. The van der Waals surface area contributed by atoms with E-state index in [-0.39, 0.29) is 5.91 Å². The van der Waals surface area contributed by atoms with Crippen LogP contribution in [0.3, 0.4) is 0 Å². The number of nitrogens with one attached hydrogen (secondary N) is 1. The Kier molecular flexibility index (Phi) is 5.33. The lowest BCUT2D eigenvalue weighted by molar-refractivity contribution is -0.116. The van der Waals surface area contributed by atoms with Crippen LogP contribution in [0.15, 0.2) is 23.3 Å². The predicted octanol–water partition coefficient (Wildman–Crippen LogP) is 4.41. The van der Waals surface area contributed by atoms with E-state index in [4.69, 9.17) is 17.1 Å².